The summed E-state index contributed by atoms with van der Waals surface area (Å²) in [6.07, 6.45) is 6.63. The standard InChI is InChI=1S/C15H24O/c1-10(2)13-6-5-12(4)15(16)8-7-11(3)9-14(13)15/h9,12,14,16H,5-8H2,1-4H3/t12-,14+,15+/m1/s1. The summed E-state index contributed by atoms with van der Waals surface area (Å²) in [5, 5.41) is 10.9. The lowest BCUT2D eigenvalue weighted by atomic mass is 9.61. The van der Waals surface area contributed by atoms with Crippen molar-refractivity contribution in [3.05, 3.63) is 22.8 Å². The van der Waals surface area contributed by atoms with E-state index in [1.165, 1.54) is 23.1 Å². The van der Waals surface area contributed by atoms with Crippen LogP contribution in [0.4, 0.5) is 0 Å². The molecule has 1 saturated carbocycles. The fraction of sp³-hybridized carbons (Fsp3) is 0.733. The molecule has 0 radical (unpaired) electrons. The van der Waals surface area contributed by atoms with Crippen LogP contribution in [0.1, 0.15) is 53.4 Å². The van der Waals surface area contributed by atoms with E-state index >= 15 is 0 Å². The minimum Gasteiger partial charge on any atom is -0.389 e. The molecule has 0 unspecified atom stereocenters. The molecule has 1 N–H and O–H groups in total. The lowest BCUT2D eigenvalue weighted by Gasteiger charge is -2.48. The van der Waals surface area contributed by atoms with Crippen molar-refractivity contribution >= 4 is 0 Å². The molecule has 2 rings (SSSR count). The van der Waals surface area contributed by atoms with Crippen molar-refractivity contribution in [2.45, 2.75) is 59.0 Å². The van der Waals surface area contributed by atoms with Crippen LogP contribution in [0.3, 0.4) is 0 Å². The maximum atomic E-state index is 10.9. The molecule has 0 heterocycles. The third-order valence-electron chi connectivity index (χ3n) is 4.63. The summed E-state index contributed by atoms with van der Waals surface area (Å²) < 4.78 is 0. The Morgan fingerprint density at radius 2 is 2.06 bits per heavy atom. The van der Waals surface area contributed by atoms with Crippen LogP contribution >= 0.6 is 0 Å². The highest BCUT2D eigenvalue weighted by atomic mass is 16.3. The smallest absolute Gasteiger partial charge is 0.0775 e. The van der Waals surface area contributed by atoms with E-state index < -0.39 is 5.60 Å². The lowest BCUT2D eigenvalue weighted by molar-refractivity contribution is -0.0648. The molecule has 0 aromatic rings. The summed E-state index contributed by atoms with van der Waals surface area (Å²) in [5.41, 5.74) is 3.87. The zero-order chi connectivity index (χ0) is 11.9. The molecule has 1 nitrogen and oxygen atoms in total. The molecule has 0 aliphatic heterocycles. The van der Waals surface area contributed by atoms with Crippen molar-refractivity contribution in [3.8, 4) is 0 Å². The summed E-state index contributed by atoms with van der Waals surface area (Å²) in [6, 6.07) is 0. The Bertz CT molecular complexity index is 346. The lowest BCUT2D eigenvalue weighted by Crippen LogP contribution is -2.49. The van der Waals surface area contributed by atoms with Gasteiger partial charge in [0.25, 0.3) is 0 Å². The van der Waals surface area contributed by atoms with E-state index in [0.717, 1.165) is 19.3 Å². The summed E-state index contributed by atoms with van der Waals surface area (Å²) in [4.78, 5) is 0. The van der Waals surface area contributed by atoms with Crippen molar-refractivity contribution in [1.29, 1.82) is 0 Å². The van der Waals surface area contributed by atoms with E-state index in [9.17, 15) is 5.11 Å². The molecule has 90 valence electrons. The van der Waals surface area contributed by atoms with Gasteiger partial charge in [0.2, 0.25) is 0 Å². The van der Waals surface area contributed by atoms with E-state index in [4.69, 9.17) is 0 Å². The summed E-state index contributed by atoms with van der Waals surface area (Å²) in [5.74, 6) is 0.722. The molecule has 16 heavy (non-hydrogen) atoms. The molecular weight excluding hydrogens is 196 g/mol. The van der Waals surface area contributed by atoms with E-state index in [1.54, 1.807) is 0 Å². The van der Waals surface area contributed by atoms with Gasteiger partial charge in [0.05, 0.1) is 5.60 Å². The van der Waals surface area contributed by atoms with E-state index in [0.29, 0.717) is 5.92 Å². The molecule has 3 atom stereocenters. The van der Waals surface area contributed by atoms with Crippen LogP contribution in [-0.2, 0) is 0 Å². The Balaban J connectivity index is 2.45. The normalized spacial score (nSPS) is 39.1. The molecule has 0 aromatic heterocycles. The molecule has 0 aromatic carbocycles. The molecule has 2 aliphatic carbocycles. The largest absolute Gasteiger partial charge is 0.389 e. The number of allylic oxidation sites excluding steroid dienone is 2. The Labute approximate surface area is 99.3 Å². The second-order valence-corrected chi connectivity index (χ2v) is 5.95. The zero-order valence-electron chi connectivity index (χ0n) is 11.0. The van der Waals surface area contributed by atoms with Crippen molar-refractivity contribution in [2.24, 2.45) is 11.8 Å². The van der Waals surface area contributed by atoms with E-state index in [2.05, 4.69) is 33.8 Å². The fourth-order valence-electron chi connectivity index (χ4n) is 3.36. The van der Waals surface area contributed by atoms with Crippen LogP contribution < -0.4 is 0 Å². The molecule has 0 spiro atoms. The maximum Gasteiger partial charge on any atom is 0.0775 e. The number of hydrogen-bond donors (Lipinski definition) is 1. The molecule has 1 heteroatoms. The maximum absolute atomic E-state index is 10.9. The monoisotopic (exact) mass is 220 g/mol. The fourth-order valence-corrected chi connectivity index (χ4v) is 3.36. The van der Waals surface area contributed by atoms with Crippen molar-refractivity contribution < 1.29 is 5.11 Å². The summed E-state index contributed by atoms with van der Waals surface area (Å²) in [6.45, 7) is 8.78. The van der Waals surface area contributed by atoms with Crippen LogP contribution in [0.15, 0.2) is 22.8 Å². The Morgan fingerprint density at radius 1 is 1.38 bits per heavy atom. The van der Waals surface area contributed by atoms with Gasteiger partial charge in [0.15, 0.2) is 0 Å². The Morgan fingerprint density at radius 3 is 2.69 bits per heavy atom. The van der Waals surface area contributed by atoms with Crippen LogP contribution in [0, 0.1) is 11.8 Å². The highest BCUT2D eigenvalue weighted by Crippen LogP contribution is 2.48. The summed E-state index contributed by atoms with van der Waals surface area (Å²) >= 11 is 0. The van der Waals surface area contributed by atoms with E-state index in [-0.39, 0.29) is 5.92 Å². The first kappa shape index (κ1) is 11.9. The van der Waals surface area contributed by atoms with Crippen molar-refractivity contribution in [1.82, 2.24) is 0 Å². The second-order valence-electron chi connectivity index (χ2n) is 5.95. The average molecular weight is 220 g/mol. The second kappa shape index (κ2) is 4.03. The van der Waals surface area contributed by atoms with Gasteiger partial charge >= 0.3 is 0 Å². The number of aliphatic hydroxyl groups is 1. The van der Waals surface area contributed by atoms with Crippen LogP contribution in [0.5, 0.6) is 0 Å². The zero-order valence-corrected chi connectivity index (χ0v) is 11.0. The third kappa shape index (κ3) is 1.75. The molecule has 0 saturated heterocycles. The van der Waals surface area contributed by atoms with Gasteiger partial charge in [-0.25, -0.2) is 0 Å². The van der Waals surface area contributed by atoms with E-state index in [1.807, 2.05) is 0 Å². The number of rotatable bonds is 0. The minimum atomic E-state index is -0.468. The molecule has 0 bridgehead atoms. The molecule has 2 aliphatic rings. The van der Waals surface area contributed by atoms with Gasteiger partial charge < -0.3 is 5.11 Å². The van der Waals surface area contributed by atoms with Gasteiger partial charge in [0.1, 0.15) is 0 Å². The third-order valence-corrected chi connectivity index (χ3v) is 4.63. The SMILES string of the molecule is CC1=C[C@H]2C(=C(C)C)CC[C@@H](C)[C@@]2(O)CC1. The number of hydrogen-bond acceptors (Lipinski definition) is 1. The van der Waals surface area contributed by atoms with Crippen molar-refractivity contribution in [3.63, 3.8) is 0 Å². The minimum absolute atomic E-state index is 0.287. The van der Waals surface area contributed by atoms with Gasteiger partial charge in [-0.1, -0.05) is 29.7 Å². The van der Waals surface area contributed by atoms with Gasteiger partial charge in [-0.15, -0.1) is 0 Å². The van der Waals surface area contributed by atoms with Gasteiger partial charge in [-0.2, -0.15) is 0 Å². The van der Waals surface area contributed by atoms with Gasteiger partial charge in [0, 0.05) is 5.92 Å². The predicted octanol–water partition coefficient (Wildman–Crippen LogP) is 3.84. The first-order chi connectivity index (χ1) is 7.45. The number of fused-ring (bicyclic) bond motifs is 1. The summed E-state index contributed by atoms with van der Waals surface area (Å²) in [7, 11) is 0. The van der Waals surface area contributed by atoms with Gasteiger partial charge in [-0.3, -0.25) is 0 Å². The first-order valence-electron chi connectivity index (χ1n) is 6.51. The van der Waals surface area contributed by atoms with Crippen LogP contribution in [0.25, 0.3) is 0 Å². The van der Waals surface area contributed by atoms with Gasteiger partial charge in [-0.05, 0) is 52.4 Å². The predicted molar refractivity (Wildman–Crippen MR) is 68.2 cm³/mol. The molecule has 0 amide bonds. The van der Waals surface area contributed by atoms with Crippen LogP contribution in [0.2, 0.25) is 0 Å². The quantitative estimate of drug-likeness (QED) is 0.615. The highest BCUT2D eigenvalue weighted by molar-refractivity contribution is 5.30. The first-order valence-corrected chi connectivity index (χ1v) is 6.51. The average Bonchev–Trinajstić information content (AvgIpc) is 2.21. The Hall–Kier alpha value is -0.560. The topological polar surface area (TPSA) is 20.2 Å². The molecular formula is C15H24O. The Kier molecular flexibility index (Phi) is 3.00. The highest BCUT2D eigenvalue weighted by Gasteiger charge is 2.46. The van der Waals surface area contributed by atoms with Crippen molar-refractivity contribution in [2.75, 3.05) is 0 Å². The van der Waals surface area contributed by atoms with Crippen LogP contribution in [-0.4, -0.2) is 10.7 Å². The molecule has 1 fully saturated rings.